The number of rotatable bonds is 5. The molecular formula is C10H12F3N3O2S. The number of alkyl halides is 3. The molecule has 0 spiro atoms. The van der Waals surface area contributed by atoms with E-state index in [4.69, 9.17) is 10.5 Å². The minimum Gasteiger partial charge on any atom is -0.462 e. The summed E-state index contributed by atoms with van der Waals surface area (Å²) < 4.78 is 40.6. The molecule has 0 aliphatic rings. The van der Waals surface area contributed by atoms with Gasteiger partial charge in [0.05, 0.1) is 13.0 Å². The highest BCUT2D eigenvalue weighted by Gasteiger charge is 2.26. The van der Waals surface area contributed by atoms with E-state index in [1.807, 2.05) is 0 Å². The van der Waals surface area contributed by atoms with E-state index in [1.165, 1.54) is 0 Å². The normalized spacial score (nSPS) is 11.4. The zero-order valence-electron chi connectivity index (χ0n) is 10.0. The van der Waals surface area contributed by atoms with Crippen molar-refractivity contribution in [3.05, 3.63) is 11.8 Å². The molecule has 0 aromatic carbocycles. The van der Waals surface area contributed by atoms with Crippen LogP contribution in [-0.2, 0) is 4.74 Å². The standard InChI is InChI=1S/C10H12F3N3O2S/c1-2-18-8(17)6-5-15-9(16-7(6)14)19-4-3-10(11,12)13/h5H,2-4H2,1H3,(H2,14,15,16). The molecular weight excluding hydrogens is 283 g/mol. The number of nitrogen functional groups attached to an aromatic ring is 1. The van der Waals surface area contributed by atoms with Crippen LogP contribution in [0.5, 0.6) is 0 Å². The molecule has 106 valence electrons. The maximum absolute atomic E-state index is 12.0. The van der Waals surface area contributed by atoms with Gasteiger partial charge in [0.1, 0.15) is 11.4 Å². The summed E-state index contributed by atoms with van der Waals surface area (Å²) in [5, 5.41) is 0.0924. The highest BCUT2D eigenvalue weighted by Crippen LogP contribution is 2.25. The predicted octanol–water partition coefficient (Wildman–Crippen LogP) is 2.28. The lowest BCUT2D eigenvalue weighted by molar-refractivity contribution is -0.129. The Hall–Kier alpha value is -1.51. The highest BCUT2D eigenvalue weighted by atomic mass is 32.2. The van der Waals surface area contributed by atoms with Crippen LogP contribution in [0.2, 0.25) is 0 Å². The molecule has 0 aliphatic heterocycles. The monoisotopic (exact) mass is 295 g/mol. The largest absolute Gasteiger partial charge is 0.462 e. The molecule has 19 heavy (non-hydrogen) atoms. The number of aromatic nitrogens is 2. The van der Waals surface area contributed by atoms with Gasteiger partial charge in [-0.1, -0.05) is 11.8 Å². The molecule has 0 aliphatic carbocycles. The number of nitrogens with two attached hydrogens (primary N) is 1. The molecule has 5 nitrogen and oxygen atoms in total. The number of thioether (sulfide) groups is 1. The second-order valence-corrected chi connectivity index (χ2v) is 4.45. The summed E-state index contributed by atoms with van der Waals surface area (Å²) in [7, 11) is 0. The summed E-state index contributed by atoms with van der Waals surface area (Å²) in [6.45, 7) is 1.82. The van der Waals surface area contributed by atoms with Gasteiger partial charge in [0, 0.05) is 11.9 Å². The van der Waals surface area contributed by atoms with E-state index in [9.17, 15) is 18.0 Å². The van der Waals surface area contributed by atoms with Crippen LogP contribution in [0, 0.1) is 0 Å². The van der Waals surface area contributed by atoms with Crippen LogP contribution in [0.15, 0.2) is 11.4 Å². The maximum Gasteiger partial charge on any atom is 0.389 e. The molecule has 1 aromatic heterocycles. The first kappa shape index (κ1) is 15.5. The van der Waals surface area contributed by atoms with Gasteiger partial charge < -0.3 is 10.5 Å². The summed E-state index contributed by atoms with van der Waals surface area (Å²) in [4.78, 5) is 18.9. The lowest BCUT2D eigenvalue weighted by Crippen LogP contribution is -2.11. The van der Waals surface area contributed by atoms with Gasteiger partial charge in [-0.25, -0.2) is 14.8 Å². The molecule has 9 heteroatoms. The Morgan fingerprint density at radius 2 is 2.21 bits per heavy atom. The topological polar surface area (TPSA) is 78.1 Å². The van der Waals surface area contributed by atoms with Gasteiger partial charge in [-0.05, 0) is 6.92 Å². The minimum absolute atomic E-state index is 0.00187. The number of anilines is 1. The van der Waals surface area contributed by atoms with Gasteiger partial charge >= 0.3 is 12.1 Å². The number of nitrogens with zero attached hydrogens (tertiary/aromatic N) is 2. The van der Waals surface area contributed by atoms with Crippen molar-refractivity contribution in [3.63, 3.8) is 0 Å². The van der Waals surface area contributed by atoms with Gasteiger partial charge in [-0.3, -0.25) is 0 Å². The van der Waals surface area contributed by atoms with Crippen molar-refractivity contribution in [1.82, 2.24) is 9.97 Å². The van der Waals surface area contributed by atoms with Gasteiger partial charge in [-0.15, -0.1) is 0 Å². The molecule has 0 radical (unpaired) electrons. The van der Waals surface area contributed by atoms with Crippen LogP contribution >= 0.6 is 11.8 Å². The quantitative estimate of drug-likeness (QED) is 0.510. The van der Waals surface area contributed by atoms with E-state index in [-0.39, 0.29) is 28.9 Å². The predicted molar refractivity (Wildman–Crippen MR) is 63.8 cm³/mol. The summed E-state index contributed by atoms with van der Waals surface area (Å²) in [5.74, 6) is -0.975. The van der Waals surface area contributed by atoms with Gasteiger partial charge in [-0.2, -0.15) is 13.2 Å². The third-order valence-electron chi connectivity index (χ3n) is 1.91. The minimum atomic E-state index is -4.22. The van der Waals surface area contributed by atoms with Crippen LogP contribution in [0.4, 0.5) is 19.0 Å². The van der Waals surface area contributed by atoms with Gasteiger partial charge in [0.25, 0.3) is 0 Å². The molecule has 0 bridgehead atoms. The van der Waals surface area contributed by atoms with Crippen molar-refractivity contribution in [1.29, 1.82) is 0 Å². The van der Waals surface area contributed by atoms with E-state index in [0.717, 1.165) is 18.0 Å². The average Bonchev–Trinajstić information content (AvgIpc) is 2.27. The molecule has 0 saturated heterocycles. The molecule has 0 fully saturated rings. The Kier molecular flexibility index (Phi) is 5.40. The Morgan fingerprint density at radius 3 is 2.74 bits per heavy atom. The molecule has 1 aromatic rings. The van der Waals surface area contributed by atoms with Crippen LogP contribution in [0.25, 0.3) is 0 Å². The van der Waals surface area contributed by atoms with Crippen molar-refractivity contribution < 1.29 is 22.7 Å². The van der Waals surface area contributed by atoms with Crippen molar-refractivity contribution in [2.75, 3.05) is 18.1 Å². The second kappa shape index (κ2) is 6.60. The van der Waals surface area contributed by atoms with E-state index in [2.05, 4.69) is 9.97 Å². The number of carbonyl (C=O) groups excluding carboxylic acids is 1. The molecule has 0 saturated carbocycles. The number of hydrogen-bond donors (Lipinski definition) is 1. The average molecular weight is 295 g/mol. The van der Waals surface area contributed by atoms with E-state index >= 15 is 0 Å². The van der Waals surface area contributed by atoms with Crippen molar-refractivity contribution in [3.8, 4) is 0 Å². The van der Waals surface area contributed by atoms with Crippen molar-refractivity contribution in [2.45, 2.75) is 24.7 Å². The Morgan fingerprint density at radius 1 is 1.53 bits per heavy atom. The van der Waals surface area contributed by atoms with Crippen LogP contribution in [0.3, 0.4) is 0 Å². The van der Waals surface area contributed by atoms with E-state index in [0.29, 0.717) is 0 Å². The van der Waals surface area contributed by atoms with E-state index < -0.39 is 18.6 Å². The fourth-order valence-electron chi connectivity index (χ4n) is 1.07. The van der Waals surface area contributed by atoms with Crippen molar-refractivity contribution >= 4 is 23.5 Å². The van der Waals surface area contributed by atoms with Crippen LogP contribution in [-0.4, -0.2) is 34.5 Å². The Bertz CT molecular complexity index is 454. The zero-order valence-corrected chi connectivity index (χ0v) is 10.8. The lowest BCUT2D eigenvalue weighted by Gasteiger charge is -2.07. The fraction of sp³-hybridized carbons (Fsp3) is 0.500. The maximum atomic E-state index is 12.0. The van der Waals surface area contributed by atoms with Gasteiger partial charge in [0.15, 0.2) is 5.16 Å². The summed E-state index contributed by atoms with van der Waals surface area (Å²) in [6, 6.07) is 0. The number of ether oxygens (including phenoxy) is 1. The summed E-state index contributed by atoms with van der Waals surface area (Å²) in [6.07, 6.45) is -4.01. The molecule has 2 N–H and O–H groups in total. The number of halogens is 3. The first-order valence-electron chi connectivity index (χ1n) is 5.32. The third-order valence-corrected chi connectivity index (χ3v) is 2.77. The van der Waals surface area contributed by atoms with Crippen LogP contribution in [0.1, 0.15) is 23.7 Å². The first-order chi connectivity index (χ1) is 8.83. The summed E-state index contributed by atoms with van der Waals surface area (Å²) >= 11 is 0.821. The molecule has 1 heterocycles. The first-order valence-corrected chi connectivity index (χ1v) is 6.31. The number of hydrogen-bond acceptors (Lipinski definition) is 6. The van der Waals surface area contributed by atoms with Gasteiger partial charge in [0.2, 0.25) is 0 Å². The SMILES string of the molecule is CCOC(=O)c1cnc(SCCC(F)(F)F)nc1N. The van der Waals surface area contributed by atoms with E-state index in [1.54, 1.807) is 6.92 Å². The van der Waals surface area contributed by atoms with Crippen LogP contribution < -0.4 is 5.73 Å². The number of esters is 1. The smallest absolute Gasteiger partial charge is 0.389 e. The Balaban J connectivity index is 2.64. The Labute approximate surface area is 111 Å². The molecule has 0 amide bonds. The highest BCUT2D eigenvalue weighted by molar-refractivity contribution is 7.99. The second-order valence-electron chi connectivity index (χ2n) is 3.39. The fourth-order valence-corrected chi connectivity index (χ4v) is 1.88. The third kappa shape index (κ3) is 5.33. The van der Waals surface area contributed by atoms with Crippen molar-refractivity contribution in [2.24, 2.45) is 0 Å². The molecule has 1 rings (SSSR count). The summed E-state index contributed by atoms with van der Waals surface area (Å²) in [5.41, 5.74) is 5.52. The number of carbonyl (C=O) groups is 1. The molecule has 0 atom stereocenters. The lowest BCUT2D eigenvalue weighted by atomic mass is 10.3. The zero-order chi connectivity index (χ0) is 14.5. The molecule has 0 unspecified atom stereocenters.